The largest absolute Gasteiger partial charge is 0.493 e. The highest BCUT2D eigenvalue weighted by Crippen LogP contribution is 2.42. The summed E-state index contributed by atoms with van der Waals surface area (Å²) in [5, 5.41) is 0. The van der Waals surface area contributed by atoms with Gasteiger partial charge in [0.2, 0.25) is 5.82 Å². The summed E-state index contributed by atoms with van der Waals surface area (Å²) in [6.45, 7) is 2.22. The Bertz CT molecular complexity index is 779. The van der Waals surface area contributed by atoms with Gasteiger partial charge in [0.1, 0.15) is 6.10 Å². The van der Waals surface area contributed by atoms with E-state index >= 15 is 0 Å². The van der Waals surface area contributed by atoms with Crippen LogP contribution in [0.5, 0.6) is 5.75 Å². The van der Waals surface area contributed by atoms with Gasteiger partial charge in [-0.1, -0.05) is 43.3 Å². The second kappa shape index (κ2) is 7.83. The number of esters is 1. The van der Waals surface area contributed by atoms with E-state index in [0.29, 0.717) is 12.2 Å². The molecule has 1 fully saturated rings. The molecule has 0 spiro atoms. The van der Waals surface area contributed by atoms with Crippen LogP contribution in [0.4, 0.5) is 8.78 Å². The lowest BCUT2D eigenvalue weighted by molar-refractivity contribution is -0.145. The van der Waals surface area contributed by atoms with Gasteiger partial charge in [0.25, 0.3) is 0 Å². The number of ether oxygens (including phenoxy) is 3. The molecule has 0 aromatic heterocycles. The Morgan fingerprint density at radius 1 is 1.12 bits per heavy atom. The predicted octanol–water partition coefficient (Wildman–Crippen LogP) is 3.84. The number of rotatable bonds is 6. The van der Waals surface area contributed by atoms with Crippen LogP contribution >= 0.6 is 0 Å². The van der Waals surface area contributed by atoms with Crippen molar-refractivity contribution in [1.82, 2.24) is 0 Å². The van der Waals surface area contributed by atoms with E-state index in [1.807, 2.05) is 30.3 Å². The molecule has 3 rings (SSSR count). The second-order valence-corrected chi connectivity index (χ2v) is 6.27. The third-order valence-corrected chi connectivity index (χ3v) is 4.62. The van der Waals surface area contributed by atoms with Gasteiger partial charge in [-0.15, -0.1) is 0 Å². The van der Waals surface area contributed by atoms with E-state index in [1.165, 1.54) is 13.2 Å². The number of cyclic esters (lactones) is 1. The van der Waals surface area contributed by atoms with Gasteiger partial charge in [0, 0.05) is 11.5 Å². The van der Waals surface area contributed by atoms with Gasteiger partial charge in [-0.05, 0) is 11.6 Å². The molecule has 1 aliphatic rings. The maximum atomic E-state index is 14.1. The molecular weight excluding hydrogens is 342 g/mol. The third kappa shape index (κ3) is 3.55. The van der Waals surface area contributed by atoms with Crippen molar-refractivity contribution in [3.8, 4) is 5.75 Å². The van der Waals surface area contributed by atoms with Gasteiger partial charge in [-0.3, -0.25) is 4.79 Å². The van der Waals surface area contributed by atoms with Crippen LogP contribution in [0, 0.1) is 17.6 Å². The Morgan fingerprint density at radius 3 is 2.54 bits per heavy atom. The molecule has 0 radical (unpaired) electrons. The minimum Gasteiger partial charge on any atom is -0.493 e. The molecule has 0 bridgehead atoms. The van der Waals surface area contributed by atoms with Crippen molar-refractivity contribution in [3.05, 3.63) is 65.2 Å². The van der Waals surface area contributed by atoms with Crippen molar-refractivity contribution < 1.29 is 27.8 Å². The minimum absolute atomic E-state index is 0.151. The highest BCUT2D eigenvalue weighted by Gasteiger charge is 2.44. The van der Waals surface area contributed by atoms with Crippen LogP contribution in [0.15, 0.2) is 42.5 Å². The van der Waals surface area contributed by atoms with Gasteiger partial charge >= 0.3 is 5.97 Å². The zero-order valence-electron chi connectivity index (χ0n) is 14.6. The van der Waals surface area contributed by atoms with Crippen LogP contribution in [0.3, 0.4) is 0 Å². The first-order valence-electron chi connectivity index (χ1n) is 8.37. The summed E-state index contributed by atoms with van der Waals surface area (Å²) in [6.07, 6.45) is -0.597. The van der Waals surface area contributed by atoms with Crippen molar-refractivity contribution in [2.75, 3.05) is 13.7 Å². The minimum atomic E-state index is -1.07. The number of carbonyl (C=O) groups is 1. The first-order valence-corrected chi connectivity index (χ1v) is 8.37. The number of hydrogen-bond acceptors (Lipinski definition) is 4. The van der Waals surface area contributed by atoms with Crippen molar-refractivity contribution in [2.45, 2.75) is 25.6 Å². The molecule has 4 nitrogen and oxygen atoms in total. The van der Waals surface area contributed by atoms with Crippen LogP contribution in [-0.4, -0.2) is 25.8 Å². The zero-order valence-corrected chi connectivity index (χ0v) is 14.6. The standard InChI is InChI=1S/C20H20F2O4/c1-12-17(14-8-9-15(21)18(22)19(14)24-2)16(26-20(12)23)11-25-10-13-6-4-3-5-7-13/h3-9,12,16-17H,10-11H2,1-2H3/t12-,16+,17-/m0/s1. The van der Waals surface area contributed by atoms with E-state index in [2.05, 4.69) is 0 Å². The molecule has 3 atom stereocenters. The van der Waals surface area contributed by atoms with Crippen molar-refractivity contribution >= 4 is 5.97 Å². The number of carbonyl (C=O) groups excluding carboxylic acids is 1. The molecule has 2 aromatic rings. The average Bonchev–Trinajstić information content (AvgIpc) is 2.92. The molecule has 1 heterocycles. The monoisotopic (exact) mass is 362 g/mol. The second-order valence-electron chi connectivity index (χ2n) is 6.27. The van der Waals surface area contributed by atoms with Crippen molar-refractivity contribution in [1.29, 1.82) is 0 Å². The molecule has 1 saturated heterocycles. The molecule has 0 N–H and O–H groups in total. The Kier molecular flexibility index (Phi) is 5.52. The van der Waals surface area contributed by atoms with Crippen LogP contribution in [0.2, 0.25) is 0 Å². The molecular formula is C20H20F2O4. The van der Waals surface area contributed by atoms with Gasteiger partial charge in [0.15, 0.2) is 11.6 Å². The molecule has 2 aromatic carbocycles. The maximum Gasteiger partial charge on any atom is 0.309 e. The Morgan fingerprint density at radius 2 is 1.85 bits per heavy atom. The summed E-state index contributed by atoms with van der Waals surface area (Å²) >= 11 is 0. The molecule has 1 aliphatic heterocycles. The van der Waals surface area contributed by atoms with Crippen molar-refractivity contribution in [2.24, 2.45) is 5.92 Å². The lowest BCUT2D eigenvalue weighted by Gasteiger charge is -2.22. The molecule has 0 unspecified atom stereocenters. The van der Waals surface area contributed by atoms with E-state index in [-0.39, 0.29) is 12.4 Å². The molecule has 0 saturated carbocycles. The number of hydrogen-bond donors (Lipinski definition) is 0. The first-order chi connectivity index (χ1) is 12.5. The van der Waals surface area contributed by atoms with E-state index in [1.54, 1.807) is 6.92 Å². The lowest BCUT2D eigenvalue weighted by atomic mass is 9.84. The molecule has 138 valence electrons. The highest BCUT2D eigenvalue weighted by atomic mass is 19.2. The van der Waals surface area contributed by atoms with Crippen LogP contribution in [-0.2, 0) is 20.9 Å². The first kappa shape index (κ1) is 18.3. The van der Waals surface area contributed by atoms with Crippen LogP contribution in [0.1, 0.15) is 24.0 Å². The molecule has 0 aliphatic carbocycles. The fourth-order valence-electron chi connectivity index (χ4n) is 3.29. The van der Waals surface area contributed by atoms with E-state index < -0.39 is 35.5 Å². The summed E-state index contributed by atoms with van der Waals surface area (Å²) in [6, 6.07) is 12.1. The molecule has 6 heteroatoms. The molecule has 0 amide bonds. The fourth-order valence-corrected chi connectivity index (χ4v) is 3.29. The van der Waals surface area contributed by atoms with Gasteiger partial charge < -0.3 is 14.2 Å². The van der Waals surface area contributed by atoms with E-state index in [9.17, 15) is 13.6 Å². The maximum absolute atomic E-state index is 14.1. The zero-order chi connectivity index (χ0) is 18.7. The van der Waals surface area contributed by atoms with E-state index in [0.717, 1.165) is 11.6 Å². The predicted molar refractivity (Wildman–Crippen MR) is 90.8 cm³/mol. The topological polar surface area (TPSA) is 44.8 Å². The summed E-state index contributed by atoms with van der Waals surface area (Å²) in [5.74, 6) is -3.66. The van der Waals surface area contributed by atoms with Gasteiger partial charge in [-0.2, -0.15) is 4.39 Å². The summed E-state index contributed by atoms with van der Waals surface area (Å²) < 4.78 is 43.8. The number of halogens is 2. The quantitative estimate of drug-likeness (QED) is 0.733. The summed E-state index contributed by atoms with van der Waals surface area (Å²) in [5.41, 5.74) is 1.39. The smallest absolute Gasteiger partial charge is 0.309 e. The molecule has 26 heavy (non-hydrogen) atoms. The Balaban J connectivity index is 1.80. The van der Waals surface area contributed by atoms with Crippen LogP contribution < -0.4 is 4.74 Å². The lowest BCUT2D eigenvalue weighted by Crippen LogP contribution is -2.24. The third-order valence-electron chi connectivity index (χ3n) is 4.62. The number of methoxy groups -OCH3 is 1. The fraction of sp³-hybridized carbons (Fsp3) is 0.350. The average molecular weight is 362 g/mol. The highest BCUT2D eigenvalue weighted by molar-refractivity contribution is 5.76. The van der Waals surface area contributed by atoms with Crippen molar-refractivity contribution in [3.63, 3.8) is 0 Å². The van der Waals surface area contributed by atoms with Gasteiger partial charge in [0.05, 0.1) is 26.2 Å². The Labute approximate surface area is 150 Å². The van der Waals surface area contributed by atoms with Crippen LogP contribution in [0.25, 0.3) is 0 Å². The van der Waals surface area contributed by atoms with E-state index in [4.69, 9.17) is 14.2 Å². The summed E-state index contributed by atoms with van der Waals surface area (Å²) in [4.78, 5) is 12.1. The SMILES string of the molecule is COc1c([C@@H]2[C@H](C)C(=O)O[C@@H]2COCc2ccccc2)ccc(F)c1F. The van der Waals surface area contributed by atoms with Gasteiger partial charge in [-0.25, -0.2) is 4.39 Å². The summed E-state index contributed by atoms with van der Waals surface area (Å²) in [7, 11) is 1.27. The Hall–Kier alpha value is -2.47. The normalized spacial score (nSPS) is 22.3. The number of benzene rings is 2.